The van der Waals surface area contributed by atoms with Crippen LogP contribution in [-0.4, -0.2) is 23.2 Å². The second-order valence-electron chi connectivity index (χ2n) is 4.38. The number of benzene rings is 1. The fourth-order valence-corrected chi connectivity index (χ4v) is 1.91. The molecule has 0 unspecified atom stereocenters. The van der Waals surface area contributed by atoms with Crippen LogP contribution >= 0.6 is 0 Å². The molecule has 1 aliphatic carbocycles. The topological polar surface area (TPSA) is 75.6 Å². The molecule has 1 aliphatic rings. The van der Waals surface area contributed by atoms with Crippen molar-refractivity contribution in [2.45, 2.75) is 19.1 Å². The van der Waals surface area contributed by atoms with Crippen molar-refractivity contribution in [1.82, 2.24) is 5.32 Å². The van der Waals surface area contributed by atoms with Gasteiger partial charge in [0.1, 0.15) is 6.61 Å². The minimum atomic E-state index is -0.877. The van der Waals surface area contributed by atoms with Gasteiger partial charge in [-0.3, -0.25) is 4.79 Å². The number of carboxylic acids is 1. The van der Waals surface area contributed by atoms with Gasteiger partial charge in [0.15, 0.2) is 0 Å². The molecular formula is C14H15NO4. The SMILES string of the molecule is O=C(N[C@@H]1C=C[C@H](C(=O)O)C1)OCc1ccccc1. The molecule has 0 fully saturated rings. The number of ether oxygens (including phenoxy) is 1. The van der Waals surface area contributed by atoms with Crippen LogP contribution in [0.3, 0.4) is 0 Å². The van der Waals surface area contributed by atoms with E-state index in [0.29, 0.717) is 6.42 Å². The Balaban J connectivity index is 1.74. The van der Waals surface area contributed by atoms with Gasteiger partial charge in [-0.05, 0) is 12.0 Å². The summed E-state index contributed by atoms with van der Waals surface area (Å²) in [5.41, 5.74) is 0.906. The number of amides is 1. The first-order valence-corrected chi connectivity index (χ1v) is 6.03. The van der Waals surface area contributed by atoms with Gasteiger partial charge < -0.3 is 15.2 Å². The van der Waals surface area contributed by atoms with Crippen LogP contribution in [0.1, 0.15) is 12.0 Å². The fourth-order valence-electron chi connectivity index (χ4n) is 1.91. The molecule has 1 amide bonds. The first-order chi connectivity index (χ1) is 9.15. The van der Waals surface area contributed by atoms with Crippen molar-refractivity contribution in [3.05, 3.63) is 48.0 Å². The summed E-state index contributed by atoms with van der Waals surface area (Å²) >= 11 is 0. The molecule has 0 aromatic heterocycles. The minimum absolute atomic E-state index is 0.200. The third kappa shape index (κ3) is 3.84. The summed E-state index contributed by atoms with van der Waals surface area (Å²) in [6, 6.07) is 9.08. The molecule has 2 N–H and O–H groups in total. The highest BCUT2D eigenvalue weighted by molar-refractivity contribution is 5.74. The van der Waals surface area contributed by atoms with Crippen molar-refractivity contribution in [1.29, 1.82) is 0 Å². The minimum Gasteiger partial charge on any atom is -0.481 e. The van der Waals surface area contributed by atoms with Gasteiger partial charge in [0, 0.05) is 0 Å². The van der Waals surface area contributed by atoms with Gasteiger partial charge in [0.2, 0.25) is 0 Å². The molecule has 0 spiro atoms. The van der Waals surface area contributed by atoms with E-state index in [9.17, 15) is 9.59 Å². The molecule has 0 saturated carbocycles. The lowest BCUT2D eigenvalue weighted by Gasteiger charge is -2.12. The summed E-state index contributed by atoms with van der Waals surface area (Å²) < 4.78 is 5.05. The van der Waals surface area contributed by atoms with Crippen LogP contribution in [0, 0.1) is 5.92 Å². The van der Waals surface area contributed by atoms with E-state index in [1.807, 2.05) is 30.3 Å². The predicted octanol–water partition coefficient (Wildman–Crippen LogP) is 1.94. The number of carboxylic acid groups (broad SMARTS) is 1. The smallest absolute Gasteiger partial charge is 0.407 e. The third-order valence-corrected chi connectivity index (χ3v) is 2.92. The zero-order valence-corrected chi connectivity index (χ0v) is 10.3. The maximum atomic E-state index is 11.5. The van der Waals surface area contributed by atoms with Crippen LogP contribution in [0.5, 0.6) is 0 Å². The number of rotatable bonds is 4. The Bertz CT molecular complexity index is 483. The highest BCUT2D eigenvalue weighted by Crippen LogP contribution is 2.18. The van der Waals surface area contributed by atoms with Gasteiger partial charge in [-0.1, -0.05) is 42.5 Å². The van der Waals surface area contributed by atoms with Crippen molar-refractivity contribution >= 4 is 12.1 Å². The fraction of sp³-hybridized carbons (Fsp3) is 0.286. The second kappa shape index (κ2) is 6.04. The molecule has 0 saturated heterocycles. The summed E-state index contributed by atoms with van der Waals surface area (Å²) in [4.78, 5) is 22.3. The Labute approximate surface area is 110 Å². The van der Waals surface area contributed by atoms with Gasteiger partial charge >= 0.3 is 12.1 Å². The van der Waals surface area contributed by atoms with Crippen LogP contribution in [0.25, 0.3) is 0 Å². The largest absolute Gasteiger partial charge is 0.481 e. The van der Waals surface area contributed by atoms with E-state index < -0.39 is 18.0 Å². The van der Waals surface area contributed by atoms with Crippen molar-refractivity contribution in [2.24, 2.45) is 5.92 Å². The first-order valence-electron chi connectivity index (χ1n) is 6.03. The molecule has 100 valence electrons. The lowest BCUT2D eigenvalue weighted by atomic mass is 10.1. The molecule has 0 radical (unpaired) electrons. The van der Waals surface area contributed by atoms with E-state index in [1.165, 1.54) is 0 Å². The Kier molecular flexibility index (Phi) is 4.18. The van der Waals surface area contributed by atoms with Crippen molar-refractivity contribution in [2.75, 3.05) is 0 Å². The summed E-state index contributed by atoms with van der Waals surface area (Å²) in [5.74, 6) is -1.40. The van der Waals surface area contributed by atoms with Crippen molar-refractivity contribution in [3.8, 4) is 0 Å². The number of carbonyl (C=O) groups excluding carboxylic acids is 1. The number of alkyl carbamates (subject to hydrolysis) is 1. The van der Waals surface area contributed by atoms with Crippen LogP contribution in [0.2, 0.25) is 0 Å². The third-order valence-electron chi connectivity index (χ3n) is 2.92. The molecule has 0 aliphatic heterocycles. The first kappa shape index (κ1) is 13.1. The highest BCUT2D eigenvalue weighted by atomic mass is 16.5. The molecule has 2 atom stereocenters. The number of hydrogen-bond donors (Lipinski definition) is 2. The number of nitrogens with one attached hydrogen (secondary N) is 1. The molecule has 1 aromatic rings. The van der Waals surface area contributed by atoms with E-state index >= 15 is 0 Å². The van der Waals surface area contributed by atoms with E-state index in [0.717, 1.165) is 5.56 Å². The Morgan fingerprint density at radius 1 is 1.26 bits per heavy atom. The summed E-state index contributed by atoms with van der Waals surface area (Å²) in [7, 11) is 0. The van der Waals surface area contributed by atoms with E-state index in [1.54, 1.807) is 12.2 Å². The lowest BCUT2D eigenvalue weighted by Crippen LogP contribution is -2.33. The number of hydrogen-bond acceptors (Lipinski definition) is 3. The average Bonchev–Trinajstić information content (AvgIpc) is 2.86. The maximum Gasteiger partial charge on any atom is 0.407 e. The summed E-state index contributed by atoms with van der Waals surface area (Å²) in [6.07, 6.45) is 3.10. The predicted molar refractivity (Wildman–Crippen MR) is 68.4 cm³/mol. The van der Waals surface area contributed by atoms with Gasteiger partial charge in [-0.2, -0.15) is 0 Å². The van der Waals surface area contributed by atoms with Gasteiger partial charge in [0.05, 0.1) is 12.0 Å². The molecule has 5 heteroatoms. The zero-order valence-electron chi connectivity index (χ0n) is 10.3. The standard InChI is InChI=1S/C14H15NO4/c16-13(17)11-6-7-12(8-11)15-14(18)19-9-10-4-2-1-3-5-10/h1-7,11-12H,8-9H2,(H,15,18)(H,16,17)/t11-,12+/m0/s1. The van der Waals surface area contributed by atoms with Crippen LogP contribution < -0.4 is 5.32 Å². The van der Waals surface area contributed by atoms with E-state index in [2.05, 4.69) is 5.32 Å². The molecule has 0 heterocycles. The van der Waals surface area contributed by atoms with Crippen LogP contribution in [0.4, 0.5) is 4.79 Å². The van der Waals surface area contributed by atoms with Gasteiger partial charge in [0.25, 0.3) is 0 Å². The van der Waals surface area contributed by atoms with Crippen LogP contribution in [-0.2, 0) is 16.1 Å². The molecule has 19 heavy (non-hydrogen) atoms. The Morgan fingerprint density at radius 2 is 2.00 bits per heavy atom. The Morgan fingerprint density at radius 3 is 2.63 bits per heavy atom. The maximum absolute atomic E-state index is 11.5. The van der Waals surface area contributed by atoms with E-state index in [4.69, 9.17) is 9.84 Å². The van der Waals surface area contributed by atoms with Crippen molar-refractivity contribution in [3.63, 3.8) is 0 Å². The summed E-state index contributed by atoms with van der Waals surface area (Å²) in [5, 5.41) is 11.4. The Hall–Kier alpha value is -2.30. The average molecular weight is 261 g/mol. The molecule has 2 rings (SSSR count). The lowest BCUT2D eigenvalue weighted by molar-refractivity contribution is -0.140. The summed E-state index contributed by atoms with van der Waals surface area (Å²) in [6.45, 7) is 0.200. The van der Waals surface area contributed by atoms with Crippen LogP contribution in [0.15, 0.2) is 42.5 Å². The molecule has 1 aromatic carbocycles. The number of carbonyl (C=O) groups is 2. The molecule has 0 bridgehead atoms. The normalized spacial score (nSPS) is 21.1. The molecular weight excluding hydrogens is 246 g/mol. The van der Waals surface area contributed by atoms with E-state index in [-0.39, 0.29) is 12.6 Å². The van der Waals surface area contributed by atoms with Gasteiger partial charge in [-0.25, -0.2) is 4.79 Å². The van der Waals surface area contributed by atoms with Crippen molar-refractivity contribution < 1.29 is 19.4 Å². The number of aliphatic carboxylic acids is 1. The van der Waals surface area contributed by atoms with Gasteiger partial charge in [-0.15, -0.1) is 0 Å². The second-order valence-corrected chi connectivity index (χ2v) is 4.38. The quantitative estimate of drug-likeness (QED) is 0.812. The zero-order chi connectivity index (χ0) is 13.7. The monoisotopic (exact) mass is 261 g/mol. The highest BCUT2D eigenvalue weighted by Gasteiger charge is 2.25. The molecule has 5 nitrogen and oxygen atoms in total.